The molecule has 0 bridgehead atoms. The summed E-state index contributed by atoms with van der Waals surface area (Å²) in [4.78, 5) is 26.0. The second kappa shape index (κ2) is 13.3. The molecule has 196 valence electrons. The maximum absolute atomic E-state index is 13.3. The van der Waals surface area contributed by atoms with Crippen LogP contribution in [0.25, 0.3) is 0 Å². The Hall–Kier alpha value is -3.06. The first-order valence-corrected chi connectivity index (χ1v) is 12.7. The number of carbonyl (C=O) groups excluding carboxylic acids is 2. The van der Waals surface area contributed by atoms with Gasteiger partial charge in [0.15, 0.2) is 0 Å². The maximum Gasteiger partial charge on any atom is 0.336 e. The van der Waals surface area contributed by atoms with E-state index in [4.69, 9.17) is 18.9 Å². The SMILES string of the molecule is CCC(CC1=C(C=O)C(C2=C(OC)C=CCC2)C(C(=O)OCCOC)=C(C)N1)C1=C(OC)CCC=C1. The highest BCUT2D eigenvalue weighted by molar-refractivity contribution is 5.95. The van der Waals surface area contributed by atoms with Gasteiger partial charge in [0.2, 0.25) is 0 Å². The monoisotopic (exact) mass is 497 g/mol. The average molecular weight is 498 g/mol. The molecule has 2 atom stereocenters. The number of carbonyl (C=O) groups is 2. The number of hydrogen-bond donors (Lipinski definition) is 1. The van der Waals surface area contributed by atoms with Gasteiger partial charge in [-0.2, -0.15) is 0 Å². The fourth-order valence-corrected chi connectivity index (χ4v) is 5.26. The van der Waals surface area contributed by atoms with E-state index in [2.05, 4.69) is 24.4 Å². The van der Waals surface area contributed by atoms with Crippen LogP contribution in [-0.2, 0) is 28.5 Å². The molecule has 1 N–H and O–H groups in total. The fourth-order valence-electron chi connectivity index (χ4n) is 5.26. The van der Waals surface area contributed by atoms with Crippen molar-refractivity contribution in [1.82, 2.24) is 5.32 Å². The van der Waals surface area contributed by atoms with Gasteiger partial charge in [-0.25, -0.2) is 4.79 Å². The van der Waals surface area contributed by atoms with E-state index >= 15 is 0 Å². The second-order valence-corrected chi connectivity index (χ2v) is 9.14. The van der Waals surface area contributed by atoms with E-state index < -0.39 is 11.9 Å². The molecule has 3 rings (SSSR count). The van der Waals surface area contributed by atoms with E-state index in [1.54, 1.807) is 21.3 Å². The number of rotatable bonds is 12. The lowest BCUT2D eigenvalue weighted by atomic mass is 9.75. The minimum absolute atomic E-state index is 0.139. The van der Waals surface area contributed by atoms with E-state index in [0.29, 0.717) is 42.1 Å². The normalized spacial score (nSPS) is 21.0. The Morgan fingerprint density at radius 2 is 1.86 bits per heavy atom. The van der Waals surface area contributed by atoms with Gasteiger partial charge in [-0.1, -0.05) is 25.2 Å². The molecule has 3 aliphatic rings. The lowest BCUT2D eigenvalue weighted by Gasteiger charge is -2.34. The van der Waals surface area contributed by atoms with Crippen molar-refractivity contribution in [2.24, 2.45) is 11.8 Å². The molecule has 7 nitrogen and oxygen atoms in total. The van der Waals surface area contributed by atoms with Crippen LogP contribution in [0, 0.1) is 11.8 Å². The molecule has 0 amide bonds. The van der Waals surface area contributed by atoms with Gasteiger partial charge >= 0.3 is 5.97 Å². The molecule has 0 saturated carbocycles. The van der Waals surface area contributed by atoms with Crippen molar-refractivity contribution in [2.75, 3.05) is 34.5 Å². The summed E-state index contributed by atoms with van der Waals surface area (Å²) >= 11 is 0. The molecule has 0 aromatic heterocycles. The standard InChI is InChI=1S/C29H39NO6/c1-6-20(21-11-7-9-13-25(21)34-4)17-24-23(18-31)28(22-12-8-10-14-26(22)35-5)27(19(2)30-24)29(32)36-16-15-33-3/h7,10-11,14,18,20,28,30H,6,8-9,12-13,15-17H2,1-5H3. The largest absolute Gasteiger partial charge is 0.501 e. The van der Waals surface area contributed by atoms with Crippen LogP contribution >= 0.6 is 0 Å². The number of nitrogens with one attached hydrogen (secondary N) is 1. The first-order chi connectivity index (χ1) is 17.5. The zero-order chi connectivity index (χ0) is 26.1. The summed E-state index contributed by atoms with van der Waals surface area (Å²) in [6, 6.07) is 0. The minimum atomic E-state index is -0.538. The summed E-state index contributed by atoms with van der Waals surface area (Å²) < 4.78 is 21.9. The second-order valence-electron chi connectivity index (χ2n) is 9.14. The zero-order valence-corrected chi connectivity index (χ0v) is 22.1. The first-order valence-electron chi connectivity index (χ1n) is 12.7. The van der Waals surface area contributed by atoms with Crippen LogP contribution in [0.1, 0.15) is 52.4 Å². The Morgan fingerprint density at radius 3 is 2.53 bits per heavy atom. The van der Waals surface area contributed by atoms with Crippen LogP contribution in [0.3, 0.4) is 0 Å². The van der Waals surface area contributed by atoms with Gasteiger partial charge in [0, 0.05) is 36.4 Å². The topological polar surface area (TPSA) is 83.1 Å². The molecule has 1 aliphatic heterocycles. The summed E-state index contributed by atoms with van der Waals surface area (Å²) in [5.74, 6) is 0.864. The molecule has 1 heterocycles. The molecule has 0 spiro atoms. The molecule has 0 aromatic carbocycles. The lowest BCUT2D eigenvalue weighted by molar-refractivity contribution is -0.140. The van der Waals surface area contributed by atoms with Crippen molar-refractivity contribution >= 4 is 12.3 Å². The number of esters is 1. The number of methoxy groups -OCH3 is 3. The zero-order valence-electron chi connectivity index (χ0n) is 22.1. The van der Waals surface area contributed by atoms with Crippen molar-refractivity contribution in [2.45, 2.75) is 52.4 Å². The summed E-state index contributed by atoms with van der Waals surface area (Å²) in [5.41, 5.74) is 4.60. The number of allylic oxidation sites excluding steroid dienone is 10. The van der Waals surface area contributed by atoms with Crippen LogP contribution in [0.2, 0.25) is 0 Å². The Labute approximate surface area is 214 Å². The lowest BCUT2D eigenvalue weighted by Crippen LogP contribution is -2.34. The van der Waals surface area contributed by atoms with Gasteiger partial charge in [-0.05, 0) is 62.2 Å². The van der Waals surface area contributed by atoms with E-state index in [9.17, 15) is 9.59 Å². The molecule has 7 heteroatoms. The van der Waals surface area contributed by atoms with Crippen molar-refractivity contribution < 1.29 is 28.5 Å². The third-order valence-electron chi connectivity index (χ3n) is 7.08. The summed E-state index contributed by atoms with van der Waals surface area (Å²) in [7, 11) is 4.89. The van der Waals surface area contributed by atoms with Crippen LogP contribution in [0.5, 0.6) is 0 Å². The summed E-state index contributed by atoms with van der Waals surface area (Å²) in [6.45, 7) is 4.46. The average Bonchev–Trinajstić information content (AvgIpc) is 2.91. The predicted molar refractivity (Wildman–Crippen MR) is 138 cm³/mol. The van der Waals surface area contributed by atoms with E-state index in [1.807, 2.05) is 19.1 Å². The number of aldehydes is 1. The molecule has 0 fully saturated rings. The predicted octanol–water partition coefficient (Wildman–Crippen LogP) is 5.04. The van der Waals surface area contributed by atoms with Gasteiger partial charge in [0.25, 0.3) is 0 Å². The van der Waals surface area contributed by atoms with Crippen LogP contribution in [0.15, 0.2) is 69.5 Å². The smallest absolute Gasteiger partial charge is 0.336 e. The fraction of sp³-hybridized carbons (Fsp3) is 0.517. The van der Waals surface area contributed by atoms with E-state index in [0.717, 1.165) is 49.0 Å². The van der Waals surface area contributed by atoms with Crippen molar-refractivity contribution in [1.29, 1.82) is 0 Å². The number of dihydropyridines is 1. The summed E-state index contributed by atoms with van der Waals surface area (Å²) in [5, 5.41) is 3.40. The highest BCUT2D eigenvalue weighted by Gasteiger charge is 2.38. The van der Waals surface area contributed by atoms with Crippen molar-refractivity contribution in [3.05, 3.63) is 69.5 Å². The van der Waals surface area contributed by atoms with Crippen molar-refractivity contribution in [3.63, 3.8) is 0 Å². The Balaban J connectivity index is 2.08. The molecular weight excluding hydrogens is 458 g/mol. The van der Waals surface area contributed by atoms with Gasteiger partial charge < -0.3 is 24.3 Å². The molecule has 36 heavy (non-hydrogen) atoms. The Kier molecular flexibility index (Phi) is 10.2. The van der Waals surface area contributed by atoms with Gasteiger partial charge in [0.1, 0.15) is 18.7 Å². The molecule has 0 saturated heterocycles. The number of hydrogen-bond acceptors (Lipinski definition) is 7. The van der Waals surface area contributed by atoms with Crippen molar-refractivity contribution in [3.8, 4) is 0 Å². The quantitative estimate of drug-likeness (QED) is 0.230. The molecule has 0 radical (unpaired) electrons. The van der Waals surface area contributed by atoms with E-state index in [1.165, 1.54) is 5.57 Å². The third kappa shape index (κ3) is 6.01. The molecule has 2 unspecified atom stereocenters. The van der Waals surface area contributed by atoms with E-state index in [-0.39, 0.29) is 12.5 Å². The first kappa shape index (κ1) is 27.5. The molecule has 0 aromatic rings. The molecule has 2 aliphatic carbocycles. The number of ether oxygens (including phenoxy) is 4. The minimum Gasteiger partial charge on any atom is -0.501 e. The summed E-state index contributed by atoms with van der Waals surface area (Å²) in [6.07, 6.45) is 14.0. The van der Waals surface area contributed by atoms with Gasteiger partial charge in [-0.3, -0.25) is 4.79 Å². The highest BCUT2D eigenvalue weighted by Crippen LogP contribution is 2.42. The molecular formula is C29H39NO6. The van der Waals surface area contributed by atoms with Gasteiger partial charge in [-0.15, -0.1) is 0 Å². The van der Waals surface area contributed by atoms with Crippen LogP contribution < -0.4 is 5.32 Å². The van der Waals surface area contributed by atoms with Gasteiger partial charge in [0.05, 0.1) is 32.2 Å². The highest BCUT2D eigenvalue weighted by atomic mass is 16.6. The van der Waals surface area contributed by atoms with Crippen LogP contribution in [0.4, 0.5) is 0 Å². The van der Waals surface area contributed by atoms with Crippen LogP contribution in [-0.4, -0.2) is 46.8 Å². The Bertz CT molecular complexity index is 1030. The Morgan fingerprint density at radius 1 is 1.11 bits per heavy atom. The third-order valence-corrected chi connectivity index (χ3v) is 7.08. The maximum atomic E-state index is 13.3.